The fourth-order valence-corrected chi connectivity index (χ4v) is 6.71. The van der Waals surface area contributed by atoms with Crippen molar-refractivity contribution in [1.82, 2.24) is 10.2 Å². The maximum absolute atomic E-state index is 13.1. The van der Waals surface area contributed by atoms with Crippen molar-refractivity contribution in [1.29, 1.82) is 0 Å². The van der Waals surface area contributed by atoms with Crippen LogP contribution in [0.3, 0.4) is 0 Å². The van der Waals surface area contributed by atoms with Crippen LogP contribution in [0.15, 0.2) is 0 Å². The molecule has 28 heavy (non-hydrogen) atoms. The zero-order chi connectivity index (χ0) is 19.7. The Morgan fingerprint density at radius 1 is 1.07 bits per heavy atom. The molecule has 1 heterocycles. The van der Waals surface area contributed by atoms with Gasteiger partial charge in [0.2, 0.25) is 11.8 Å². The van der Waals surface area contributed by atoms with Crippen molar-refractivity contribution < 1.29 is 19.5 Å². The molecule has 4 aliphatic carbocycles. The van der Waals surface area contributed by atoms with E-state index in [4.69, 9.17) is 0 Å². The van der Waals surface area contributed by atoms with Crippen LogP contribution in [-0.4, -0.2) is 46.9 Å². The molecule has 6 heteroatoms. The van der Waals surface area contributed by atoms with Crippen molar-refractivity contribution in [2.24, 2.45) is 23.2 Å². The lowest BCUT2D eigenvalue weighted by molar-refractivity contribution is -0.151. The molecule has 6 nitrogen and oxygen atoms in total. The summed E-state index contributed by atoms with van der Waals surface area (Å²) in [5, 5.41) is 12.5. The zero-order valence-electron chi connectivity index (χ0n) is 16.8. The first kappa shape index (κ1) is 19.7. The molecule has 4 saturated carbocycles. The summed E-state index contributed by atoms with van der Waals surface area (Å²) < 4.78 is 0. The van der Waals surface area contributed by atoms with Gasteiger partial charge in [-0.25, -0.2) is 4.79 Å². The molecule has 1 saturated heterocycles. The van der Waals surface area contributed by atoms with Gasteiger partial charge in [-0.1, -0.05) is 0 Å². The van der Waals surface area contributed by atoms with Crippen LogP contribution < -0.4 is 5.32 Å². The monoisotopic (exact) mass is 390 g/mol. The van der Waals surface area contributed by atoms with Gasteiger partial charge < -0.3 is 15.3 Å². The largest absolute Gasteiger partial charge is 0.480 e. The van der Waals surface area contributed by atoms with Gasteiger partial charge >= 0.3 is 5.97 Å². The fraction of sp³-hybridized carbons (Fsp3) is 0.864. The summed E-state index contributed by atoms with van der Waals surface area (Å²) in [5.74, 6) is 1.28. The molecule has 156 valence electrons. The topological polar surface area (TPSA) is 86.7 Å². The number of aliphatic carboxylic acids is 1. The van der Waals surface area contributed by atoms with Gasteiger partial charge in [-0.3, -0.25) is 9.59 Å². The number of likely N-dealkylation sites (tertiary alicyclic amines) is 1. The molecule has 1 atom stereocenters. The van der Waals surface area contributed by atoms with Crippen LogP contribution in [0, 0.1) is 23.2 Å². The number of unbranched alkanes of at least 4 members (excludes halogenated alkanes) is 1. The van der Waals surface area contributed by atoms with Crippen LogP contribution in [0.25, 0.3) is 0 Å². The number of nitrogens with zero attached hydrogens (tertiary/aromatic N) is 1. The van der Waals surface area contributed by atoms with Gasteiger partial charge in [0.05, 0.1) is 0 Å². The standard InChI is InChI=1S/C22H34N2O4/c25-19-6-2-4-8-24(19)7-3-1-5-18(20(26)27)23-21(28)22-12-15-9-16(13-22)11-17(10-15)14-22/h15-18H,1-14H2,(H,23,28)(H,26,27)/t15?,16?,17?,18-,22?/m0/s1. The molecule has 0 aromatic carbocycles. The molecule has 4 bridgehead atoms. The number of rotatable bonds is 8. The van der Waals surface area contributed by atoms with Gasteiger partial charge in [0.1, 0.15) is 6.04 Å². The van der Waals surface area contributed by atoms with E-state index < -0.39 is 12.0 Å². The third kappa shape index (κ3) is 4.06. The summed E-state index contributed by atoms with van der Waals surface area (Å²) in [7, 11) is 0. The van der Waals surface area contributed by atoms with Crippen molar-refractivity contribution >= 4 is 17.8 Å². The first-order valence-electron chi connectivity index (χ1n) is 11.3. The average molecular weight is 391 g/mol. The highest BCUT2D eigenvalue weighted by Gasteiger charge is 2.54. The van der Waals surface area contributed by atoms with E-state index in [2.05, 4.69) is 5.32 Å². The van der Waals surface area contributed by atoms with Gasteiger partial charge in [0, 0.05) is 24.9 Å². The van der Waals surface area contributed by atoms with Gasteiger partial charge in [0.25, 0.3) is 0 Å². The average Bonchev–Trinajstić information content (AvgIpc) is 2.64. The third-order valence-electron chi connectivity index (χ3n) is 7.72. The van der Waals surface area contributed by atoms with E-state index in [1.54, 1.807) is 0 Å². The SMILES string of the molecule is O=C(O)[C@H](CCCCN1CCCCC1=O)NC(=O)C12CC3CC(CC(C3)C1)C2. The van der Waals surface area contributed by atoms with E-state index >= 15 is 0 Å². The molecule has 1 aliphatic heterocycles. The summed E-state index contributed by atoms with van der Waals surface area (Å²) >= 11 is 0. The third-order valence-corrected chi connectivity index (χ3v) is 7.72. The lowest BCUT2D eigenvalue weighted by atomic mass is 9.49. The number of nitrogens with one attached hydrogen (secondary N) is 1. The lowest BCUT2D eigenvalue weighted by Crippen LogP contribution is -2.56. The van der Waals surface area contributed by atoms with Crippen LogP contribution in [-0.2, 0) is 14.4 Å². The Hall–Kier alpha value is -1.59. The molecule has 0 radical (unpaired) electrons. The van der Waals surface area contributed by atoms with Gasteiger partial charge in [0.15, 0.2) is 0 Å². The predicted octanol–water partition coefficient (Wildman–Crippen LogP) is 2.96. The molecule has 0 unspecified atom stereocenters. The second-order valence-electron chi connectivity index (χ2n) is 9.90. The van der Waals surface area contributed by atoms with Crippen LogP contribution >= 0.6 is 0 Å². The molecule has 5 fully saturated rings. The highest BCUT2D eigenvalue weighted by atomic mass is 16.4. The summed E-state index contributed by atoms with van der Waals surface area (Å²) in [6.07, 6.45) is 11.3. The van der Waals surface area contributed by atoms with Crippen LogP contribution in [0.2, 0.25) is 0 Å². The lowest BCUT2D eigenvalue weighted by Gasteiger charge is -2.55. The Morgan fingerprint density at radius 2 is 1.71 bits per heavy atom. The number of hydrogen-bond donors (Lipinski definition) is 2. The Balaban J connectivity index is 1.27. The Morgan fingerprint density at radius 3 is 2.29 bits per heavy atom. The number of piperidine rings is 1. The molecule has 0 spiro atoms. The zero-order valence-corrected chi connectivity index (χ0v) is 16.8. The van der Waals surface area contributed by atoms with E-state index in [-0.39, 0.29) is 17.2 Å². The number of carboxylic acids is 1. The maximum atomic E-state index is 13.1. The van der Waals surface area contributed by atoms with Crippen molar-refractivity contribution in [2.75, 3.05) is 13.1 Å². The minimum Gasteiger partial charge on any atom is -0.480 e. The minimum atomic E-state index is -0.938. The van der Waals surface area contributed by atoms with Crippen LogP contribution in [0.4, 0.5) is 0 Å². The number of hydrogen-bond acceptors (Lipinski definition) is 3. The Labute approximate surface area is 167 Å². The second-order valence-corrected chi connectivity index (χ2v) is 9.90. The quantitative estimate of drug-likeness (QED) is 0.624. The van der Waals surface area contributed by atoms with Gasteiger partial charge in [-0.15, -0.1) is 0 Å². The first-order valence-corrected chi connectivity index (χ1v) is 11.3. The van der Waals surface area contributed by atoms with Crippen molar-refractivity contribution in [2.45, 2.75) is 83.1 Å². The van der Waals surface area contributed by atoms with Crippen molar-refractivity contribution in [3.63, 3.8) is 0 Å². The highest BCUT2D eigenvalue weighted by Crippen LogP contribution is 2.60. The molecule has 5 rings (SSSR count). The molecular weight excluding hydrogens is 356 g/mol. The molecule has 2 N–H and O–H groups in total. The molecular formula is C22H34N2O4. The molecule has 0 aromatic heterocycles. The van der Waals surface area contributed by atoms with Gasteiger partial charge in [-0.05, 0) is 88.4 Å². The smallest absolute Gasteiger partial charge is 0.326 e. The molecule has 0 aromatic rings. The van der Waals surface area contributed by atoms with Crippen LogP contribution in [0.5, 0.6) is 0 Å². The number of carbonyl (C=O) groups excluding carboxylic acids is 2. The van der Waals surface area contributed by atoms with Crippen molar-refractivity contribution in [3.05, 3.63) is 0 Å². The summed E-state index contributed by atoms with van der Waals surface area (Å²) in [6.45, 7) is 1.53. The number of carboxylic acid groups (broad SMARTS) is 1. The van der Waals surface area contributed by atoms with Gasteiger partial charge in [-0.2, -0.15) is 0 Å². The Bertz CT molecular complexity index is 597. The summed E-state index contributed by atoms with van der Waals surface area (Å²) in [6, 6.07) is -0.808. The summed E-state index contributed by atoms with van der Waals surface area (Å²) in [4.78, 5) is 38.6. The minimum absolute atomic E-state index is 0.00907. The van der Waals surface area contributed by atoms with E-state index in [1.807, 2.05) is 4.90 Å². The number of amides is 2. The van der Waals surface area contributed by atoms with E-state index in [1.165, 1.54) is 19.3 Å². The van der Waals surface area contributed by atoms with Crippen molar-refractivity contribution in [3.8, 4) is 0 Å². The Kier molecular flexibility index (Phi) is 5.66. The number of carbonyl (C=O) groups is 3. The molecule has 5 aliphatic rings. The summed E-state index contributed by atoms with van der Waals surface area (Å²) in [5.41, 5.74) is -0.303. The maximum Gasteiger partial charge on any atom is 0.326 e. The highest BCUT2D eigenvalue weighted by molar-refractivity contribution is 5.87. The fourth-order valence-electron chi connectivity index (χ4n) is 6.71. The molecule has 2 amide bonds. The van der Waals surface area contributed by atoms with E-state index in [9.17, 15) is 19.5 Å². The normalized spacial score (nSPS) is 35.1. The van der Waals surface area contributed by atoms with Crippen LogP contribution in [0.1, 0.15) is 77.0 Å². The first-order chi connectivity index (χ1) is 13.4. The van der Waals surface area contributed by atoms with E-state index in [0.717, 1.165) is 45.1 Å². The van der Waals surface area contributed by atoms with E-state index in [0.29, 0.717) is 43.6 Å². The predicted molar refractivity (Wildman–Crippen MR) is 104 cm³/mol. The second kappa shape index (κ2) is 8.03.